The van der Waals surface area contributed by atoms with E-state index in [0.717, 1.165) is 24.3 Å². The highest BCUT2D eigenvalue weighted by atomic mass is 31.3. The van der Waals surface area contributed by atoms with Gasteiger partial charge in [-0.1, -0.05) is 4.98 Å². The van der Waals surface area contributed by atoms with E-state index in [2.05, 4.69) is 53.8 Å². The third-order valence-corrected chi connectivity index (χ3v) is 18.6. The summed E-state index contributed by atoms with van der Waals surface area (Å²) in [7, 11) is -17.8. The number of nitrogens with two attached hydrogens (primary N) is 2. The number of phosphoric ester groups is 2. The number of aromatic amines is 2. The molecule has 0 radical (unpaired) electrons. The Hall–Kier alpha value is -5.11. The van der Waals surface area contributed by atoms with Gasteiger partial charge in [0.15, 0.2) is 41.4 Å². The molecule has 6 aromatic rings. The summed E-state index contributed by atoms with van der Waals surface area (Å²) in [6, 6.07) is 0. The number of nitrogen functional groups attached to an aromatic ring is 2. The summed E-state index contributed by atoms with van der Waals surface area (Å²) in [5.41, 5.74) is 8.08. The average molecular weight is 1170 g/mol. The number of imidazole rings is 3. The molecule has 3 aliphatic heterocycles. The first kappa shape index (κ1) is 56.6. The number of methoxy groups -OCH3 is 2. The molecule has 0 spiro atoms. The number of aliphatic hydroxyl groups excluding tert-OH is 3. The van der Waals surface area contributed by atoms with Crippen molar-refractivity contribution in [3.63, 3.8) is 0 Å². The SMILES string of the molecule is CNc1ncnc2c1ncn2[C@@H]1O[C@H](COP(=O)(O)OP(=O)(O)OP(=O)(O)OC[C@H]2O[C@@H]([n+]3cn(C)c4c(=O)[nH]c(N)nc43)[C@H](O)[C@@H]2COC)[C@@H](P(=O)(O)OC[C@H]2O[C@@H](n3cnc4c(=O)[nH]c(N)nc43)[C@H](O)[C@@H]2O)[C@H]1OC. The van der Waals surface area contributed by atoms with Gasteiger partial charge in [0.1, 0.15) is 54.1 Å². The standard InChI is InChI=1S/C35H49N15O23P4/c1-38-25-17-26(40-9-39-25)48(10-41-17)33-23(65-4)24(74(56,57)66-7-15-21(52)22(53)32(70-15)49-11-42-18-27(49)43-34(36)45-29(18)54)16(71-33)8-68-76(60,61)73-77(62,63)72-75(58,59)67-6-14-13(5-64-3)20(51)31(69-14)50-12-47(2)19-28(50)44-35(37)46-30(19)55/h9-16,20-24,31-33,51-53H,5-8H2,1-4H3,(H10-,36,37,38,39,40,43,44,45,46,54,55,56,57,58,59,60,61,62,63)/p+1/t13-,14-,15-,16-,20-,21-,22-,23-,24-,31-,32-,33-/m1/s1. The van der Waals surface area contributed by atoms with Crippen LogP contribution in [0.3, 0.4) is 0 Å². The molecule has 38 nitrogen and oxygen atoms in total. The van der Waals surface area contributed by atoms with E-state index in [0.29, 0.717) is 0 Å². The lowest BCUT2D eigenvalue weighted by Gasteiger charge is -2.28. The fourth-order valence-electron chi connectivity index (χ4n) is 9.14. The molecule has 422 valence electrons. The molecule has 77 heavy (non-hydrogen) atoms. The molecule has 9 heterocycles. The lowest BCUT2D eigenvalue weighted by molar-refractivity contribution is -0.745. The second-order valence-corrected chi connectivity index (χ2v) is 23.9. The van der Waals surface area contributed by atoms with Crippen molar-refractivity contribution in [2.75, 3.05) is 64.5 Å². The van der Waals surface area contributed by atoms with Crippen molar-refractivity contribution in [1.82, 2.24) is 53.6 Å². The van der Waals surface area contributed by atoms with Crippen LogP contribution in [0.1, 0.15) is 18.7 Å². The Labute approximate surface area is 429 Å². The zero-order chi connectivity index (χ0) is 55.7. The molecular weight excluding hydrogens is 1120 g/mol. The summed E-state index contributed by atoms with van der Waals surface area (Å²) in [6.07, 6.45) is -11.0. The van der Waals surface area contributed by atoms with E-state index in [1.54, 1.807) is 7.05 Å². The summed E-state index contributed by atoms with van der Waals surface area (Å²) in [5.74, 6) is -1.36. The summed E-state index contributed by atoms with van der Waals surface area (Å²) in [6.45, 7) is -3.43. The predicted molar refractivity (Wildman–Crippen MR) is 252 cm³/mol. The van der Waals surface area contributed by atoms with Gasteiger partial charge in [0, 0.05) is 27.2 Å². The number of rotatable bonds is 21. The van der Waals surface area contributed by atoms with E-state index in [4.69, 9.17) is 48.7 Å². The molecule has 14 N–H and O–H groups in total. The highest BCUT2D eigenvalue weighted by Crippen LogP contribution is 2.68. The van der Waals surface area contributed by atoms with E-state index in [1.165, 1.54) is 40.5 Å². The monoisotopic (exact) mass is 1170 g/mol. The number of H-pyrrole nitrogens is 2. The summed E-state index contributed by atoms with van der Waals surface area (Å²) in [4.78, 5) is 97.8. The number of aliphatic hydroxyl groups is 3. The lowest BCUT2D eigenvalue weighted by atomic mass is 9.99. The molecular formula is C35H50N15O23P4+. The van der Waals surface area contributed by atoms with Crippen LogP contribution in [0.25, 0.3) is 33.5 Å². The number of anilines is 3. The molecule has 42 heteroatoms. The van der Waals surface area contributed by atoms with Crippen LogP contribution in [0.15, 0.2) is 34.9 Å². The molecule has 3 aliphatic rings. The van der Waals surface area contributed by atoms with Gasteiger partial charge in [0.25, 0.3) is 17.1 Å². The predicted octanol–water partition coefficient (Wildman–Crippen LogP) is -3.28. The molecule has 0 saturated carbocycles. The van der Waals surface area contributed by atoms with Gasteiger partial charge in [0.05, 0.1) is 52.2 Å². The fraction of sp³-hybridized carbons (Fsp3) is 0.571. The number of nitrogens with one attached hydrogen (secondary N) is 3. The van der Waals surface area contributed by atoms with E-state index < -0.39 is 135 Å². The Balaban J connectivity index is 0.894. The van der Waals surface area contributed by atoms with Crippen LogP contribution in [-0.4, -0.2) is 185 Å². The Morgan fingerprint density at radius 3 is 2.00 bits per heavy atom. The normalized spacial score (nSPS) is 30.0. The van der Waals surface area contributed by atoms with Gasteiger partial charge in [-0.15, -0.1) is 0 Å². The number of nitrogens with zero attached hydrogens (tertiary/aromatic N) is 10. The van der Waals surface area contributed by atoms with E-state index in [9.17, 15) is 62.7 Å². The minimum absolute atomic E-state index is 0.0171. The number of hydrogen-bond donors (Lipinski definition) is 12. The van der Waals surface area contributed by atoms with Crippen LogP contribution in [0.4, 0.5) is 17.7 Å². The molecule has 0 aromatic carbocycles. The molecule has 6 aromatic heterocycles. The Morgan fingerprint density at radius 2 is 1.34 bits per heavy atom. The second-order valence-electron chi connectivity index (χ2n) is 17.3. The van der Waals surface area contributed by atoms with E-state index in [-0.39, 0.29) is 57.8 Å². The Morgan fingerprint density at radius 1 is 0.727 bits per heavy atom. The highest BCUT2D eigenvalue weighted by molar-refractivity contribution is 7.66. The van der Waals surface area contributed by atoms with Crippen LogP contribution < -0.4 is 32.5 Å². The molecule has 3 saturated heterocycles. The van der Waals surface area contributed by atoms with Crippen molar-refractivity contribution >= 4 is 82.3 Å². The molecule has 0 aliphatic carbocycles. The van der Waals surface area contributed by atoms with Crippen molar-refractivity contribution in [2.45, 2.75) is 67.1 Å². The zero-order valence-corrected chi connectivity index (χ0v) is 43.7. The van der Waals surface area contributed by atoms with Gasteiger partial charge in [-0.05, 0) is 0 Å². The summed E-state index contributed by atoms with van der Waals surface area (Å²) >= 11 is 0. The minimum atomic E-state index is -6.19. The fourth-order valence-corrected chi connectivity index (χ4v) is 14.4. The van der Waals surface area contributed by atoms with Crippen LogP contribution in [-0.2, 0) is 71.2 Å². The third kappa shape index (κ3) is 11.1. The Bertz CT molecular complexity index is 3510. The molecule has 9 rings (SSSR count). The van der Waals surface area contributed by atoms with Gasteiger partial charge in [-0.25, -0.2) is 38.2 Å². The van der Waals surface area contributed by atoms with Gasteiger partial charge in [0.2, 0.25) is 17.7 Å². The first-order chi connectivity index (χ1) is 36.3. The highest BCUT2D eigenvalue weighted by Gasteiger charge is 2.58. The third-order valence-electron chi connectivity index (χ3n) is 12.5. The number of aryl methyl sites for hydroxylation is 1. The Kier molecular flexibility index (Phi) is 15.8. The number of hydrogen-bond acceptors (Lipinski definition) is 28. The van der Waals surface area contributed by atoms with Gasteiger partial charge >= 0.3 is 36.7 Å². The van der Waals surface area contributed by atoms with Crippen LogP contribution in [0.5, 0.6) is 0 Å². The largest absolute Gasteiger partial charge is 0.490 e. The van der Waals surface area contributed by atoms with Crippen molar-refractivity contribution in [3.8, 4) is 0 Å². The molecule has 16 atom stereocenters. The quantitative estimate of drug-likeness (QED) is 0.0248. The van der Waals surface area contributed by atoms with Crippen molar-refractivity contribution < 1.29 is 104 Å². The summed E-state index contributed by atoms with van der Waals surface area (Å²) in [5, 5.41) is 36.1. The number of ether oxygens (including phenoxy) is 5. The van der Waals surface area contributed by atoms with E-state index in [1.807, 2.05) is 0 Å². The minimum Gasteiger partial charge on any atom is -0.387 e. The maximum absolute atomic E-state index is 14.5. The first-order valence-electron chi connectivity index (χ1n) is 22.3. The van der Waals surface area contributed by atoms with Crippen molar-refractivity contribution in [1.29, 1.82) is 0 Å². The van der Waals surface area contributed by atoms with Gasteiger partial charge < -0.3 is 79.9 Å². The van der Waals surface area contributed by atoms with Gasteiger partial charge in [-0.2, -0.15) is 13.6 Å². The molecule has 0 bridgehead atoms. The van der Waals surface area contributed by atoms with Crippen molar-refractivity contribution in [3.05, 3.63) is 46.0 Å². The van der Waals surface area contributed by atoms with Crippen molar-refractivity contribution in [2.24, 2.45) is 13.0 Å². The van der Waals surface area contributed by atoms with E-state index >= 15 is 0 Å². The smallest absolute Gasteiger partial charge is 0.387 e. The average Bonchev–Trinajstić information content (AvgIpc) is 4.22. The maximum atomic E-state index is 14.5. The topological polar surface area (TPSA) is 528 Å². The zero-order valence-electron chi connectivity index (χ0n) is 40.1. The summed E-state index contributed by atoms with van der Waals surface area (Å²) < 4.78 is 112. The van der Waals surface area contributed by atoms with Crippen LogP contribution in [0.2, 0.25) is 0 Å². The van der Waals surface area contributed by atoms with Crippen LogP contribution in [0, 0.1) is 5.92 Å². The van der Waals surface area contributed by atoms with Crippen LogP contribution >= 0.6 is 31.1 Å². The lowest BCUT2D eigenvalue weighted by Crippen LogP contribution is -2.45. The maximum Gasteiger partial charge on any atom is 0.490 e. The van der Waals surface area contributed by atoms with Gasteiger partial charge in [-0.3, -0.25) is 46.9 Å². The molecule has 0 amide bonds. The molecule has 4 unspecified atom stereocenters. The molecule has 3 fully saturated rings. The first-order valence-corrected chi connectivity index (χ1v) is 28.4. The second kappa shape index (κ2) is 21.5. The number of phosphoric acid groups is 3. The number of fused-ring (bicyclic) bond motifs is 3. The number of aromatic nitrogens is 12.